The molecule has 1 aromatic heterocycles. The summed E-state index contributed by atoms with van der Waals surface area (Å²) in [6.07, 6.45) is 3.98. The molecule has 1 unspecified atom stereocenters. The molecule has 4 heteroatoms. The molecule has 1 aromatic rings. The lowest BCUT2D eigenvalue weighted by atomic mass is 9.77. The van der Waals surface area contributed by atoms with Gasteiger partial charge in [0.15, 0.2) is 0 Å². The minimum Gasteiger partial charge on any atom is -0.481 e. The average molecular weight is 251 g/mol. The Hall–Kier alpha value is -1.29. The van der Waals surface area contributed by atoms with Gasteiger partial charge in [0.1, 0.15) is 5.76 Å². The Labute approximate surface area is 108 Å². The Bertz CT molecular complexity index is 397. The quantitative estimate of drug-likeness (QED) is 0.894. The summed E-state index contributed by atoms with van der Waals surface area (Å²) in [6, 6.07) is 3.86. The average Bonchev–Trinajstić information content (AvgIpc) is 2.76. The second kappa shape index (κ2) is 5.14. The Balaban J connectivity index is 2.08. The van der Waals surface area contributed by atoms with E-state index in [1.165, 1.54) is 0 Å². The minimum atomic E-state index is -0.701. The van der Waals surface area contributed by atoms with Crippen molar-refractivity contribution in [3.05, 3.63) is 24.2 Å². The molecule has 0 aliphatic carbocycles. The summed E-state index contributed by atoms with van der Waals surface area (Å²) < 4.78 is 5.39. The first-order chi connectivity index (χ1) is 8.50. The Morgan fingerprint density at radius 2 is 2.39 bits per heavy atom. The fourth-order valence-electron chi connectivity index (χ4n) is 2.86. The summed E-state index contributed by atoms with van der Waals surface area (Å²) >= 11 is 0. The Morgan fingerprint density at radius 3 is 3.00 bits per heavy atom. The number of furan rings is 1. The van der Waals surface area contributed by atoms with Crippen molar-refractivity contribution in [2.75, 3.05) is 6.54 Å². The third-order valence-corrected chi connectivity index (χ3v) is 4.14. The molecule has 0 amide bonds. The lowest BCUT2D eigenvalue weighted by molar-refractivity contribution is -0.140. The maximum atomic E-state index is 10.9. The van der Waals surface area contributed by atoms with E-state index in [1.807, 2.05) is 12.1 Å². The van der Waals surface area contributed by atoms with Crippen LogP contribution in [0.15, 0.2) is 22.8 Å². The smallest absolute Gasteiger partial charge is 0.303 e. The molecule has 0 saturated carbocycles. The van der Waals surface area contributed by atoms with Crippen molar-refractivity contribution in [3.63, 3.8) is 0 Å². The molecule has 0 spiro atoms. The highest BCUT2D eigenvalue weighted by atomic mass is 16.4. The highest BCUT2D eigenvalue weighted by molar-refractivity contribution is 5.67. The van der Waals surface area contributed by atoms with Gasteiger partial charge in [0, 0.05) is 12.0 Å². The van der Waals surface area contributed by atoms with Gasteiger partial charge >= 0.3 is 5.97 Å². The standard InChI is InChI=1S/C14H21NO3/c1-14(2)11(9-13(16)17)5-3-7-15(14)10-12-6-4-8-18-12/h4,6,8,11H,3,5,7,9-10H2,1-2H3,(H,16,17). The van der Waals surface area contributed by atoms with Gasteiger partial charge in [-0.3, -0.25) is 9.69 Å². The van der Waals surface area contributed by atoms with Gasteiger partial charge < -0.3 is 9.52 Å². The zero-order chi connectivity index (χ0) is 13.2. The molecule has 100 valence electrons. The number of nitrogens with zero attached hydrogens (tertiary/aromatic N) is 1. The Morgan fingerprint density at radius 1 is 1.61 bits per heavy atom. The van der Waals surface area contributed by atoms with Gasteiger partial charge in [-0.15, -0.1) is 0 Å². The van der Waals surface area contributed by atoms with Crippen LogP contribution in [-0.4, -0.2) is 28.1 Å². The molecule has 0 aromatic carbocycles. The number of carboxylic acid groups (broad SMARTS) is 1. The van der Waals surface area contributed by atoms with Crippen molar-refractivity contribution >= 4 is 5.97 Å². The molecule has 1 aliphatic rings. The molecule has 1 saturated heterocycles. The highest BCUT2D eigenvalue weighted by Crippen LogP contribution is 2.36. The van der Waals surface area contributed by atoms with Gasteiger partial charge in [0.2, 0.25) is 0 Å². The molecule has 2 rings (SSSR count). The monoisotopic (exact) mass is 251 g/mol. The second-order valence-electron chi connectivity index (χ2n) is 5.59. The molecule has 4 nitrogen and oxygen atoms in total. The SMILES string of the molecule is CC1(C)C(CC(=O)O)CCCN1Cc1ccco1. The number of piperidine rings is 1. The number of carbonyl (C=O) groups is 1. The van der Waals surface area contributed by atoms with Crippen molar-refractivity contribution in [1.29, 1.82) is 0 Å². The molecular weight excluding hydrogens is 230 g/mol. The van der Waals surface area contributed by atoms with Gasteiger partial charge in [0.25, 0.3) is 0 Å². The molecule has 0 radical (unpaired) electrons. The predicted octanol–water partition coefficient (Wildman–Crippen LogP) is 2.74. The van der Waals surface area contributed by atoms with Crippen LogP contribution in [0.25, 0.3) is 0 Å². The first-order valence-electron chi connectivity index (χ1n) is 6.49. The number of aliphatic carboxylic acids is 1. The van der Waals surface area contributed by atoms with E-state index in [0.29, 0.717) is 0 Å². The zero-order valence-electron chi connectivity index (χ0n) is 11.1. The van der Waals surface area contributed by atoms with Crippen LogP contribution in [0.5, 0.6) is 0 Å². The normalized spacial score (nSPS) is 24.0. The lowest BCUT2D eigenvalue weighted by Crippen LogP contribution is -2.53. The first-order valence-corrected chi connectivity index (χ1v) is 6.49. The highest BCUT2D eigenvalue weighted by Gasteiger charge is 2.39. The second-order valence-corrected chi connectivity index (χ2v) is 5.59. The molecule has 1 atom stereocenters. The molecule has 1 fully saturated rings. The summed E-state index contributed by atoms with van der Waals surface area (Å²) in [4.78, 5) is 13.3. The summed E-state index contributed by atoms with van der Waals surface area (Å²) in [6.45, 7) is 6.05. The van der Waals surface area contributed by atoms with Gasteiger partial charge in [0.05, 0.1) is 12.8 Å². The fourth-order valence-corrected chi connectivity index (χ4v) is 2.86. The van der Waals surface area contributed by atoms with Gasteiger partial charge in [-0.25, -0.2) is 0 Å². The zero-order valence-corrected chi connectivity index (χ0v) is 11.1. The summed E-state index contributed by atoms with van der Waals surface area (Å²) in [7, 11) is 0. The van der Waals surface area contributed by atoms with Crippen molar-refractivity contribution in [1.82, 2.24) is 4.90 Å². The van der Waals surface area contributed by atoms with Crippen molar-refractivity contribution < 1.29 is 14.3 Å². The number of hydrogen-bond donors (Lipinski definition) is 1. The Kier molecular flexibility index (Phi) is 3.76. The van der Waals surface area contributed by atoms with E-state index in [0.717, 1.165) is 31.7 Å². The largest absolute Gasteiger partial charge is 0.481 e. The van der Waals surface area contributed by atoms with E-state index in [2.05, 4.69) is 18.7 Å². The van der Waals surface area contributed by atoms with Crippen LogP contribution in [0.4, 0.5) is 0 Å². The van der Waals surface area contributed by atoms with E-state index >= 15 is 0 Å². The maximum Gasteiger partial charge on any atom is 0.303 e. The van der Waals surface area contributed by atoms with Crippen LogP contribution in [-0.2, 0) is 11.3 Å². The van der Waals surface area contributed by atoms with Crippen LogP contribution >= 0.6 is 0 Å². The summed E-state index contributed by atoms with van der Waals surface area (Å²) in [5.41, 5.74) is -0.0938. The molecular formula is C14H21NO3. The van der Waals surface area contributed by atoms with Crippen LogP contribution in [0.2, 0.25) is 0 Å². The van der Waals surface area contributed by atoms with E-state index < -0.39 is 5.97 Å². The maximum absolute atomic E-state index is 10.9. The topological polar surface area (TPSA) is 53.7 Å². The first kappa shape index (κ1) is 13.1. The van der Waals surface area contributed by atoms with Crippen LogP contribution < -0.4 is 0 Å². The van der Waals surface area contributed by atoms with Gasteiger partial charge in [-0.05, 0) is 51.3 Å². The van der Waals surface area contributed by atoms with Crippen LogP contribution in [0, 0.1) is 5.92 Å². The fraction of sp³-hybridized carbons (Fsp3) is 0.643. The molecule has 0 bridgehead atoms. The van der Waals surface area contributed by atoms with Gasteiger partial charge in [-0.1, -0.05) is 0 Å². The predicted molar refractivity (Wildman–Crippen MR) is 68.2 cm³/mol. The number of carboxylic acids is 1. The third-order valence-electron chi connectivity index (χ3n) is 4.14. The van der Waals surface area contributed by atoms with Crippen LogP contribution in [0.1, 0.15) is 38.9 Å². The molecule has 1 aliphatic heterocycles. The van der Waals surface area contributed by atoms with Crippen molar-refractivity contribution in [2.24, 2.45) is 5.92 Å². The van der Waals surface area contributed by atoms with E-state index in [1.54, 1.807) is 6.26 Å². The van der Waals surface area contributed by atoms with E-state index in [-0.39, 0.29) is 17.9 Å². The lowest BCUT2D eigenvalue weighted by Gasteiger charge is -2.47. The number of rotatable bonds is 4. The van der Waals surface area contributed by atoms with Crippen LogP contribution in [0.3, 0.4) is 0 Å². The van der Waals surface area contributed by atoms with E-state index in [9.17, 15) is 4.79 Å². The van der Waals surface area contributed by atoms with Gasteiger partial charge in [-0.2, -0.15) is 0 Å². The molecule has 1 N–H and O–H groups in total. The minimum absolute atomic E-state index is 0.0938. The third kappa shape index (κ3) is 2.75. The molecule has 2 heterocycles. The summed E-state index contributed by atoms with van der Waals surface area (Å²) in [5, 5.41) is 9.00. The molecule has 18 heavy (non-hydrogen) atoms. The number of hydrogen-bond acceptors (Lipinski definition) is 3. The number of likely N-dealkylation sites (tertiary alicyclic amines) is 1. The summed E-state index contributed by atoms with van der Waals surface area (Å²) in [5.74, 6) is 0.450. The van der Waals surface area contributed by atoms with Crippen molar-refractivity contribution in [3.8, 4) is 0 Å². The van der Waals surface area contributed by atoms with Crippen molar-refractivity contribution in [2.45, 2.75) is 45.2 Å². The van der Waals surface area contributed by atoms with E-state index in [4.69, 9.17) is 9.52 Å².